The molecule has 4 rings (SSSR count). The number of nitrogens with zero attached hydrogens (tertiary/aromatic N) is 3. The molecule has 3 nitrogen and oxygen atoms in total. The maximum Gasteiger partial charge on any atom is 0.319 e. The predicted molar refractivity (Wildman–Crippen MR) is 100 cm³/mol. The van der Waals surface area contributed by atoms with E-state index in [9.17, 15) is 17.6 Å². The van der Waals surface area contributed by atoms with Gasteiger partial charge in [-0.3, -0.25) is 14.5 Å². The standard InChI is InChI=1S/C21H16F5N3/c1-21(2,3)19-14(23)6-10(8-28-19)16-13(22)7-11-12-9-27-5-4-15(12)29(20(25)26)18(11)17(16)24/h4-9,20H,1-3H3. The van der Waals surface area contributed by atoms with E-state index in [1.165, 1.54) is 18.5 Å². The smallest absolute Gasteiger partial charge is 0.281 e. The molecule has 0 bridgehead atoms. The molecule has 1 aromatic carbocycles. The molecule has 8 heteroatoms. The Bertz CT molecular complexity index is 1260. The Morgan fingerprint density at radius 1 is 0.966 bits per heavy atom. The Hall–Kier alpha value is -3.03. The van der Waals surface area contributed by atoms with Gasteiger partial charge in [-0.1, -0.05) is 20.8 Å². The lowest BCUT2D eigenvalue weighted by Crippen LogP contribution is -2.16. The van der Waals surface area contributed by atoms with Gasteiger partial charge in [-0.05, 0) is 18.2 Å². The van der Waals surface area contributed by atoms with Crippen molar-refractivity contribution in [3.63, 3.8) is 0 Å². The van der Waals surface area contributed by atoms with Crippen LogP contribution < -0.4 is 0 Å². The zero-order chi connectivity index (χ0) is 21.1. The topological polar surface area (TPSA) is 30.7 Å². The Morgan fingerprint density at radius 2 is 1.69 bits per heavy atom. The fourth-order valence-electron chi connectivity index (χ4n) is 3.57. The van der Waals surface area contributed by atoms with Gasteiger partial charge in [0.1, 0.15) is 11.6 Å². The Morgan fingerprint density at radius 3 is 2.31 bits per heavy atom. The zero-order valence-corrected chi connectivity index (χ0v) is 15.8. The van der Waals surface area contributed by atoms with Crippen LogP contribution in [0.5, 0.6) is 0 Å². The third-order valence-corrected chi connectivity index (χ3v) is 4.82. The van der Waals surface area contributed by atoms with Crippen molar-refractivity contribution < 1.29 is 22.0 Å². The second-order valence-electron chi connectivity index (χ2n) is 7.79. The Balaban J connectivity index is 2.06. The van der Waals surface area contributed by atoms with Crippen molar-refractivity contribution in [1.82, 2.24) is 14.5 Å². The number of aromatic nitrogens is 3. The monoisotopic (exact) mass is 405 g/mol. The molecule has 3 heterocycles. The molecule has 0 fully saturated rings. The molecule has 3 aromatic heterocycles. The molecule has 0 unspecified atom stereocenters. The van der Waals surface area contributed by atoms with E-state index in [4.69, 9.17) is 0 Å². The van der Waals surface area contributed by atoms with E-state index in [0.29, 0.717) is 4.57 Å². The van der Waals surface area contributed by atoms with E-state index in [0.717, 1.165) is 18.3 Å². The molecule has 0 amide bonds. The Kier molecular flexibility index (Phi) is 4.33. The van der Waals surface area contributed by atoms with Crippen LogP contribution in [0.2, 0.25) is 0 Å². The molecule has 0 saturated heterocycles. The van der Waals surface area contributed by atoms with Gasteiger partial charge in [0.05, 0.1) is 22.3 Å². The van der Waals surface area contributed by atoms with Crippen LogP contribution in [0.15, 0.2) is 36.8 Å². The normalized spacial score (nSPS) is 12.4. The maximum absolute atomic E-state index is 15.4. The van der Waals surface area contributed by atoms with Crippen LogP contribution in [-0.2, 0) is 5.41 Å². The first-order valence-electron chi connectivity index (χ1n) is 8.81. The average molecular weight is 405 g/mol. The molecule has 0 aliphatic rings. The number of fused-ring (bicyclic) bond motifs is 3. The van der Waals surface area contributed by atoms with Crippen molar-refractivity contribution in [2.75, 3.05) is 0 Å². The van der Waals surface area contributed by atoms with Crippen LogP contribution in [0.1, 0.15) is 33.0 Å². The molecular weight excluding hydrogens is 389 g/mol. The quantitative estimate of drug-likeness (QED) is 0.363. The zero-order valence-electron chi connectivity index (χ0n) is 15.8. The summed E-state index contributed by atoms with van der Waals surface area (Å²) in [7, 11) is 0. The number of rotatable bonds is 2. The van der Waals surface area contributed by atoms with Crippen molar-refractivity contribution in [3.05, 3.63) is 59.9 Å². The number of halogens is 5. The minimum absolute atomic E-state index is 0.0211. The van der Waals surface area contributed by atoms with Gasteiger partial charge in [-0.25, -0.2) is 13.2 Å². The Labute approximate surface area is 162 Å². The van der Waals surface area contributed by atoms with Gasteiger partial charge < -0.3 is 0 Å². The lowest BCUT2D eigenvalue weighted by molar-refractivity contribution is 0.0791. The first-order valence-corrected chi connectivity index (χ1v) is 8.81. The summed E-state index contributed by atoms with van der Waals surface area (Å²) in [5.74, 6) is -2.94. The minimum Gasteiger partial charge on any atom is -0.281 e. The van der Waals surface area contributed by atoms with Gasteiger partial charge in [0.2, 0.25) is 0 Å². The van der Waals surface area contributed by atoms with Crippen LogP contribution in [0.25, 0.3) is 32.9 Å². The van der Waals surface area contributed by atoms with Crippen LogP contribution in [-0.4, -0.2) is 14.5 Å². The fraction of sp³-hybridized carbons (Fsp3) is 0.238. The lowest BCUT2D eigenvalue weighted by atomic mass is 9.90. The highest BCUT2D eigenvalue weighted by molar-refractivity contribution is 6.09. The highest BCUT2D eigenvalue weighted by Gasteiger charge is 2.27. The van der Waals surface area contributed by atoms with Crippen molar-refractivity contribution in [3.8, 4) is 11.1 Å². The van der Waals surface area contributed by atoms with Gasteiger partial charge in [0.25, 0.3) is 0 Å². The summed E-state index contributed by atoms with van der Waals surface area (Å²) >= 11 is 0. The third kappa shape index (κ3) is 2.94. The van der Waals surface area contributed by atoms with E-state index in [2.05, 4.69) is 9.97 Å². The van der Waals surface area contributed by atoms with Crippen LogP contribution in [0, 0.1) is 17.5 Å². The van der Waals surface area contributed by atoms with Gasteiger partial charge in [-0.15, -0.1) is 0 Å². The number of hydrogen-bond acceptors (Lipinski definition) is 2. The summed E-state index contributed by atoms with van der Waals surface area (Å²) in [6, 6.07) is 3.24. The molecule has 4 aromatic rings. The number of benzene rings is 1. The summed E-state index contributed by atoms with van der Waals surface area (Å²) in [6.45, 7) is 2.18. The van der Waals surface area contributed by atoms with Gasteiger partial charge in [0, 0.05) is 40.3 Å². The van der Waals surface area contributed by atoms with Gasteiger partial charge in [0.15, 0.2) is 5.82 Å². The van der Waals surface area contributed by atoms with Crippen LogP contribution >= 0.6 is 0 Å². The molecule has 0 atom stereocenters. The highest BCUT2D eigenvalue weighted by atomic mass is 19.3. The number of pyridine rings is 2. The second-order valence-corrected chi connectivity index (χ2v) is 7.79. The van der Waals surface area contributed by atoms with Gasteiger partial charge >= 0.3 is 6.55 Å². The second kappa shape index (κ2) is 6.50. The van der Waals surface area contributed by atoms with Crippen LogP contribution in [0.4, 0.5) is 22.0 Å². The summed E-state index contributed by atoms with van der Waals surface area (Å²) in [5, 5.41) is 0.159. The molecule has 29 heavy (non-hydrogen) atoms. The molecule has 150 valence electrons. The largest absolute Gasteiger partial charge is 0.319 e. The van der Waals surface area contributed by atoms with Crippen molar-refractivity contribution in [2.24, 2.45) is 0 Å². The summed E-state index contributed by atoms with van der Waals surface area (Å²) in [5.41, 5.74) is -1.71. The lowest BCUT2D eigenvalue weighted by Gasteiger charge is -2.19. The minimum atomic E-state index is -3.07. The van der Waals surface area contributed by atoms with Crippen molar-refractivity contribution >= 4 is 21.8 Å². The van der Waals surface area contributed by atoms with Crippen molar-refractivity contribution in [1.29, 1.82) is 0 Å². The molecular formula is C21H16F5N3. The van der Waals surface area contributed by atoms with E-state index in [-0.39, 0.29) is 27.5 Å². The summed E-state index contributed by atoms with van der Waals surface area (Å²) in [4.78, 5) is 7.87. The van der Waals surface area contributed by atoms with Crippen LogP contribution in [0.3, 0.4) is 0 Å². The van der Waals surface area contributed by atoms with E-state index < -0.39 is 40.5 Å². The third-order valence-electron chi connectivity index (χ3n) is 4.82. The number of hydrogen-bond donors (Lipinski definition) is 0. The first-order chi connectivity index (χ1) is 13.6. The fourth-order valence-corrected chi connectivity index (χ4v) is 3.57. The molecule has 0 radical (unpaired) electrons. The van der Waals surface area contributed by atoms with E-state index in [1.54, 1.807) is 20.8 Å². The summed E-state index contributed by atoms with van der Waals surface area (Å²) in [6.07, 6.45) is 3.71. The molecule has 0 saturated carbocycles. The van der Waals surface area contributed by atoms with Gasteiger partial charge in [-0.2, -0.15) is 8.78 Å². The van der Waals surface area contributed by atoms with Crippen molar-refractivity contribution in [2.45, 2.75) is 32.7 Å². The first kappa shape index (κ1) is 19.3. The maximum atomic E-state index is 15.4. The molecule has 0 spiro atoms. The summed E-state index contributed by atoms with van der Waals surface area (Å²) < 4.78 is 72.7. The van der Waals surface area contributed by atoms with E-state index in [1.807, 2.05) is 0 Å². The molecule has 0 N–H and O–H groups in total. The highest BCUT2D eigenvalue weighted by Crippen LogP contribution is 2.39. The SMILES string of the molecule is CC(C)(C)c1ncc(-c2c(F)cc3c4cnccc4n(C(F)F)c3c2F)cc1F. The molecule has 0 aliphatic heterocycles. The average Bonchev–Trinajstić information content (AvgIpc) is 2.96. The molecule has 0 aliphatic carbocycles. The predicted octanol–water partition coefficient (Wildman–Crippen LogP) is 6.36. The van der Waals surface area contributed by atoms with E-state index >= 15 is 4.39 Å². The number of alkyl halides is 2.